The van der Waals surface area contributed by atoms with Gasteiger partial charge in [0, 0.05) is 0 Å². The van der Waals surface area contributed by atoms with E-state index < -0.39 is 35.2 Å². The van der Waals surface area contributed by atoms with Crippen LogP contribution in [0, 0.1) is 35.2 Å². The summed E-state index contributed by atoms with van der Waals surface area (Å²) >= 11 is 0. The molecule has 0 radical (unpaired) electrons. The zero-order valence-electron chi connectivity index (χ0n) is 19.9. The highest BCUT2D eigenvalue weighted by Crippen LogP contribution is 2.49. The Morgan fingerprint density at radius 2 is 1.59 bits per heavy atom. The lowest BCUT2D eigenvalue weighted by Gasteiger charge is -2.42. The number of rotatable bonds is 9. The first kappa shape index (κ1) is 25.2. The van der Waals surface area contributed by atoms with Crippen LogP contribution in [0.25, 0.3) is 10.8 Å². The van der Waals surface area contributed by atoms with Gasteiger partial charge in [0.25, 0.3) is 0 Å². The standard InChI is InChI=1S/C28H35F5O/c1-2-3-4-5-6-7-17-8-9-19-13-20(11-10-18(19)12-17)21-14-22-16-24(30)27(34-28(32)33)26(31)25(22)23(29)15-21/h14-20,28H,2-13H2,1H3/t17-,18?,19-,20?/m1/s1. The lowest BCUT2D eigenvalue weighted by molar-refractivity contribution is -0.0544. The number of hydrogen-bond donors (Lipinski definition) is 0. The van der Waals surface area contributed by atoms with Gasteiger partial charge in [-0.05, 0) is 78.9 Å². The van der Waals surface area contributed by atoms with Gasteiger partial charge in [-0.1, -0.05) is 57.9 Å². The van der Waals surface area contributed by atoms with Crippen LogP contribution in [0.4, 0.5) is 22.0 Å². The van der Waals surface area contributed by atoms with Crippen molar-refractivity contribution in [2.24, 2.45) is 17.8 Å². The van der Waals surface area contributed by atoms with E-state index in [1.165, 1.54) is 63.9 Å². The first-order valence-corrected chi connectivity index (χ1v) is 12.9. The van der Waals surface area contributed by atoms with E-state index in [1.54, 1.807) is 6.07 Å². The molecule has 188 valence electrons. The van der Waals surface area contributed by atoms with Crippen molar-refractivity contribution in [1.29, 1.82) is 0 Å². The molecule has 2 fully saturated rings. The van der Waals surface area contributed by atoms with Crippen molar-refractivity contribution < 1.29 is 26.7 Å². The second kappa shape index (κ2) is 11.3. The van der Waals surface area contributed by atoms with Crippen molar-refractivity contribution in [3.8, 4) is 5.75 Å². The third kappa shape index (κ3) is 5.68. The number of ether oxygens (including phenoxy) is 1. The van der Waals surface area contributed by atoms with Gasteiger partial charge in [0.1, 0.15) is 5.82 Å². The third-order valence-corrected chi connectivity index (χ3v) is 8.18. The molecule has 2 unspecified atom stereocenters. The molecule has 0 saturated heterocycles. The molecular formula is C28H35F5O. The van der Waals surface area contributed by atoms with Crippen LogP contribution in [0.5, 0.6) is 5.75 Å². The average Bonchev–Trinajstić information content (AvgIpc) is 2.80. The molecular weight excluding hydrogens is 447 g/mol. The minimum atomic E-state index is -3.39. The van der Waals surface area contributed by atoms with Gasteiger partial charge in [0.05, 0.1) is 5.39 Å². The molecule has 2 aromatic rings. The Kier molecular flexibility index (Phi) is 8.36. The van der Waals surface area contributed by atoms with E-state index in [0.717, 1.165) is 42.7 Å². The maximum Gasteiger partial charge on any atom is 0.387 e. The number of hydrogen-bond acceptors (Lipinski definition) is 1. The van der Waals surface area contributed by atoms with Crippen LogP contribution in [0.15, 0.2) is 18.2 Å². The Bertz CT molecular complexity index is 975. The molecule has 0 aromatic heterocycles. The van der Waals surface area contributed by atoms with Gasteiger partial charge in [-0.2, -0.15) is 8.78 Å². The summed E-state index contributed by atoms with van der Waals surface area (Å²) < 4.78 is 72.7. The van der Waals surface area contributed by atoms with Crippen LogP contribution in [0.3, 0.4) is 0 Å². The Morgan fingerprint density at radius 3 is 2.35 bits per heavy atom. The fraction of sp³-hybridized carbons (Fsp3) is 0.643. The van der Waals surface area contributed by atoms with Gasteiger partial charge in [-0.15, -0.1) is 0 Å². The first-order valence-electron chi connectivity index (χ1n) is 12.9. The average molecular weight is 483 g/mol. The van der Waals surface area contributed by atoms with Crippen LogP contribution < -0.4 is 4.74 Å². The van der Waals surface area contributed by atoms with Crippen molar-refractivity contribution in [1.82, 2.24) is 0 Å². The van der Waals surface area contributed by atoms with Crippen molar-refractivity contribution in [3.63, 3.8) is 0 Å². The Labute approximate surface area is 199 Å². The summed E-state index contributed by atoms with van der Waals surface area (Å²) in [5, 5.41) is -0.463. The maximum atomic E-state index is 14.9. The molecule has 4 atom stereocenters. The van der Waals surface area contributed by atoms with Crippen molar-refractivity contribution in [2.45, 2.75) is 96.5 Å². The molecule has 4 rings (SSSR count). The van der Waals surface area contributed by atoms with Crippen molar-refractivity contribution in [3.05, 3.63) is 41.2 Å². The Balaban J connectivity index is 1.42. The van der Waals surface area contributed by atoms with Gasteiger partial charge >= 0.3 is 6.61 Å². The number of halogens is 5. The van der Waals surface area contributed by atoms with E-state index in [1.807, 2.05) is 0 Å². The minimum Gasteiger partial charge on any atom is -0.429 e. The van der Waals surface area contributed by atoms with Gasteiger partial charge in [-0.25, -0.2) is 13.2 Å². The lowest BCUT2D eigenvalue weighted by Crippen LogP contribution is -2.30. The van der Waals surface area contributed by atoms with Gasteiger partial charge in [-0.3, -0.25) is 0 Å². The van der Waals surface area contributed by atoms with Crippen LogP contribution in [0.1, 0.15) is 95.5 Å². The maximum absolute atomic E-state index is 14.9. The second-order valence-electron chi connectivity index (χ2n) is 10.4. The molecule has 0 spiro atoms. The molecule has 34 heavy (non-hydrogen) atoms. The van der Waals surface area contributed by atoms with Gasteiger partial charge in [0.15, 0.2) is 17.4 Å². The summed E-state index contributed by atoms with van der Waals surface area (Å²) in [5.41, 5.74) is 0.739. The van der Waals surface area contributed by atoms with Crippen LogP contribution in [0.2, 0.25) is 0 Å². The number of fused-ring (bicyclic) bond motifs is 2. The van der Waals surface area contributed by atoms with E-state index in [4.69, 9.17) is 0 Å². The van der Waals surface area contributed by atoms with E-state index in [9.17, 15) is 22.0 Å². The normalized spacial score (nSPS) is 25.0. The van der Waals surface area contributed by atoms with E-state index in [-0.39, 0.29) is 11.3 Å². The molecule has 6 heteroatoms. The fourth-order valence-corrected chi connectivity index (χ4v) is 6.44. The molecule has 1 nitrogen and oxygen atoms in total. The SMILES string of the molecule is CCCCCCC[C@@H]1CC[C@@H]2CC(c3cc(F)c4c(F)c(OC(F)F)c(F)cc4c3)CCC2C1. The topological polar surface area (TPSA) is 9.23 Å². The minimum absolute atomic E-state index is 0.0421. The van der Waals surface area contributed by atoms with Gasteiger partial charge in [0.2, 0.25) is 0 Å². The van der Waals surface area contributed by atoms with E-state index in [0.29, 0.717) is 5.92 Å². The Hall–Kier alpha value is -1.85. The first-order chi connectivity index (χ1) is 16.4. The number of benzene rings is 2. The summed E-state index contributed by atoms with van der Waals surface area (Å²) in [6, 6.07) is 3.80. The summed E-state index contributed by atoms with van der Waals surface area (Å²) in [6.45, 7) is -1.16. The summed E-state index contributed by atoms with van der Waals surface area (Å²) in [4.78, 5) is 0. The largest absolute Gasteiger partial charge is 0.429 e. The molecule has 2 aliphatic carbocycles. The Morgan fingerprint density at radius 1 is 0.853 bits per heavy atom. The van der Waals surface area contributed by atoms with Crippen molar-refractivity contribution >= 4 is 10.8 Å². The summed E-state index contributed by atoms with van der Waals surface area (Å²) in [7, 11) is 0. The third-order valence-electron chi connectivity index (χ3n) is 8.18. The van der Waals surface area contributed by atoms with Crippen LogP contribution >= 0.6 is 0 Å². The quantitative estimate of drug-likeness (QED) is 0.255. The summed E-state index contributed by atoms with van der Waals surface area (Å²) in [6.07, 6.45) is 14.7. The molecule has 0 heterocycles. The zero-order valence-corrected chi connectivity index (χ0v) is 19.9. The summed E-state index contributed by atoms with van der Waals surface area (Å²) in [5.74, 6) is -2.46. The second-order valence-corrected chi connectivity index (χ2v) is 10.4. The van der Waals surface area contributed by atoms with E-state index in [2.05, 4.69) is 11.7 Å². The zero-order chi connectivity index (χ0) is 24.2. The molecule has 0 bridgehead atoms. The molecule has 2 saturated carbocycles. The predicted molar refractivity (Wildman–Crippen MR) is 125 cm³/mol. The highest BCUT2D eigenvalue weighted by molar-refractivity contribution is 5.86. The fourth-order valence-electron chi connectivity index (χ4n) is 6.44. The molecule has 0 amide bonds. The highest BCUT2D eigenvalue weighted by atomic mass is 19.3. The van der Waals surface area contributed by atoms with Gasteiger partial charge < -0.3 is 4.74 Å². The van der Waals surface area contributed by atoms with E-state index >= 15 is 0 Å². The van der Waals surface area contributed by atoms with Crippen molar-refractivity contribution in [2.75, 3.05) is 0 Å². The van der Waals surface area contributed by atoms with Crippen LogP contribution in [-0.4, -0.2) is 6.61 Å². The molecule has 0 aliphatic heterocycles. The predicted octanol–water partition coefficient (Wildman–Crippen LogP) is 9.52. The van der Waals surface area contributed by atoms with Crippen LogP contribution in [-0.2, 0) is 0 Å². The molecule has 2 aliphatic rings. The highest BCUT2D eigenvalue weighted by Gasteiger charge is 2.36. The lowest BCUT2D eigenvalue weighted by atomic mass is 9.63. The molecule has 0 N–H and O–H groups in total. The smallest absolute Gasteiger partial charge is 0.387 e. The molecule has 2 aromatic carbocycles. The number of alkyl halides is 2. The monoisotopic (exact) mass is 482 g/mol. The number of unbranched alkanes of at least 4 members (excludes halogenated alkanes) is 4.